The van der Waals surface area contributed by atoms with E-state index >= 15 is 0 Å². The van der Waals surface area contributed by atoms with E-state index in [1.54, 1.807) is 50.1 Å². The lowest BCUT2D eigenvalue weighted by Gasteiger charge is -2.29. The summed E-state index contributed by atoms with van der Waals surface area (Å²) in [7, 11) is 6.97. The zero-order chi connectivity index (χ0) is 54.0. The first-order valence-corrected chi connectivity index (χ1v) is 25.9. The van der Waals surface area contributed by atoms with E-state index in [9.17, 15) is 44.1 Å². The molecule has 0 aromatic heterocycles. The second-order valence-electron chi connectivity index (χ2n) is 18.4. The van der Waals surface area contributed by atoms with Gasteiger partial charge in [-0.05, 0) is 86.5 Å². The number of hydrogen-bond acceptors (Lipinski definition) is 16. The lowest BCUT2D eigenvalue weighted by atomic mass is 9.91. The highest BCUT2D eigenvalue weighted by atomic mass is 16.3. The highest BCUT2D eigenvalue weighted by Gasteiger charge is 2.28. The molecule has 70 heavy (non-hydrogen) atoms. The van der Waals surface area contributed by atoms with Crippen LogP contribution in [0.5, 0.6) is 0 Å². The number of rotatable bonds is 36. The largest absolute Gasteiger partial charge is 0.391 e. The summed E-state index contributed by atoms with van der Waals surface area (Å²) in [6.07, 6.45) is 2.77. The highest BCUT2D eigenvalue weighted by Crippen LogP contribution is 2.19. The Labute approximate surface area is 425 Å². The Morgan fingerprint density at radius 1 is 0.386 bits per heavy atom. The fourth-order valence-corrected chi connectivity index (χ4v) is 6.62. The summed E-state index contributed by atoms with van der Waals surface area (Å²) >= 11 is 0. The van der Waals surface area contributed by atoms with E-state index in [4.69, 9.17) is 0 Å². The Bertz CT molecular complexity index is 1250. The van der Waals surface area contributed by atoms with Crippen molar-refractivity contribution >= 4 is 35.1 Å². The molecule has 0 aliphatic rings. The highest BCUT2D eigenvalue weighted by molar-refractivity contribution is 5.85. The third-order valence-electron chi connectivity index (χ3n) is 13.5. The molecule has 0 fully saturated rings. The van der Waals surface area contributed by atoms with Crippen molar-refractivity contribution in [2.45, 2.75) is 198 Å². The number of hydrogen-bond donors (Lipinski definition) is 10. The fourth-order valence-electron chi connectivity index (χ4n) is 6.62. The molecule has 0 saturated heterocycles. The molecule has 3 amide bonds. The zero-order valence-electron chi connectivity index (χ0n) is 46.5. The van der Waals surface area contributed by atoms with Crippen LogP contribution in [0, 0.1) is 29.6 Å². The predicted molar refractivity (Wildman–Crippen MR) is 284 cm³/mol. The van der Waals surface area contributed by atoms with Crippen molar-refractivity contribution in [2.75, 3.05) is 67.5 Å². The van der Waals surface area contributed by atoms with Crippen molar-refractivity contribution in [1.82, 2.24) is 52.6 Å². The molecular weight excluding hydrogens is 897 g/mol. The molecule has 19 nitrogen and oxygen atoms in total. The number of Topliss-reactive ketones (excluding diaryl/α,β-unsaturated/α-hetero) is 3. The van der Waals surface area contributed by atoms with Gasteiger partial charge in [0.05, 0.1) is 42.5 Å². The number of carbonyl (C=O) groups is 6. The quantitative estimate of drug-likeness (QED) is 0.0405. The van der Waals surface area contributed by atoms with Crippen molar-refractivity contribution in [3.05, 3.63) is 0 Å². The van der Waals surface area contributed by atoms with Gasteiger partial charge in [-0.25, -0.2) is 15.0 Å². The van der Waals surface area contributed by atoms with E-state index < -0.39 is 18.3 Å². The van der Waals surface area contributed by atoms with Crippen LogP contribution in [-0.4, -0.2) is 175 Å². The molecule has 12 atom stereocenters. The Hall–Kier alpha value is -2.98. The van der Waals surface area contributed by atoms with Crippen molar-refractivity contribution in [3.8, 4) is 0 Å². The van der Waals surface area contributed by atoms with Crippen molar-refractivity contribution < 1.29 is 44.1 Å². The minimum Gasteiger partial charge on any atom is -0.391 e. The Kier molecular flexibility index (Phi) is 44.7. The summed E-state index contributed by atoms with van der Waals surface area (Å²) < 4.78 is 0. The molecule has 0 rings (SSSR count). The summed E-state index contributed by atoms with van der Waals surface area (Å²) in [6.45, 7) is 29.4. The molecule has 0 saturated carbocycles. The van der Waals surface area contributed by atoms with Gasteiger partial charge < -0.3 is 36.6 Å². The van der Waals surface area contributed by atoms with Crippen LogP contribution in [0.3, 0.4) is 0 Å². The maximum Gasteiger partial charge on any atom is 0.251 e. The number of hydrazine groups is 3. The Morgan fingerprint density at radius 2 is 0.614 bits per heavy atom. The SMILES string of the molecule is C.CCC(C)C(=O)NN(CC)CC(O)C(CC)CC(=O)C(C)NC.CCC(C)C(=O)NN(CC)CC(O)C(CC)CC(=O)C(C)NC.CCC(CC(=O)C(C)NC)C(O)CN(CC)NC(=O)C(C)NC. The summed E-state index contributed by atoms with van der Waals surface area (Å²) in [6, 6.07) is -0.928. The van der Waals surface area contributed by atoms with E-state index in [0.717, 1.165) is 25.7 Å². The molecule has 416 valence electrons. The molecule has 0 aromatic carbocycles. The molecule has 10 N–H and O–H groups in total. The lowest BCUT2D eigenvalue weighted by molar-refractivity contribution is -0.131. The van der Waals surface area contributed by atoms with Gasteiger partial charge in [0.15, 0.2) is 0 Å². The average Bonchev–Trinajstić information content (AvgIpc) is 3.35. The third kappa shape index (κ3) is 30.8. The van der Waals surface area contributed by atoms with Gasteiger partial charge in [0, 0.05) is 70.4 Å². The van der Waals surface area contributed by atoms with Crippen LogP contribution in [0.15, 0.2) is 0 Å². The van der Waals surface area contributed by atoms with Gasteiger partial charge in [0.25, 0.3) is 5.91 Å². The fraction of sp³-hybridized carbons (Fsp3) is 0.882. The van der Waals surface area contributed by atoms with Gasteiger partial charge in [0.2, 0.25) is 11.8 Å². The molecule has 0 aliphatic carbocycles. The van der Waals surface area contributed by atoms with Gasteiger partial charge in [-0.15, -0.1) is 0 Å². The van der Waals surface area contributed by atoms with E-state index in [0.29, 0.717) is 65.0 Å². The summed E-state index contributed by atoms with van der Waals surface area (Å²) in [5.74, 6) is -0.350. The molecule has 0 radical (unpaired) electrons. The summed E-state index contributed by atoms with van der Waals surface area (Å²) in [5, 5.41) is 48.2. The second kappa shape index (κ2) is 42.5. The number of likely N-dealkylation sites (N-methyl/N-ethyl adjacent to an activating group) is 7. The standard InChI is InChI=1S/2C17H35N3O3.C16H34N4O3.CH4/c2*1-7-12(4)17(23)19-20(9-3)11-16(22)14(8-2)10-15(21)13(5)18-6;1-7-13(9-14(21)11(3)17-5)15(22)10-20(8-2)19-16(23)12(4)18-6;/h2*12-14,16,18,22H,7-11H2,1-6H3,(H,19,23);11-13,15,17-18,22H,7-10H2,1-6H3,(H,19,23);1H4. The van der Waals surface area contributed by atoms with Gasteiger partial charge in [-0.1, -0.05) is 95.9 Å². The van der Waals surface area contributed by atoms with Crippen molar-refractivity contribution in [2.24, 2.45) is 29.6 Å². The second-order valence-corrected chi connectivity index (χ2v) is 18.4. The normalized spacial score (nSPS) is 16.5. The van der Waals surface area contributed by atoms with Crippen LogP contribution in [-0.2, 0) is 28.8 Å². The topological polar surface area (TPSA) is 257 Å². The van der Waals surface area contributed by atoms with Crippen molar-refractivity contribution in [1.29, 1.82) is 0 Å². The monoisotopic (exact) mass is 1000 g/mol. The molecule has 0 bridgehead atoms. The predicted octanol–water partition coefficient (Wildman–Crippen LogP) is 3.22. The molecule has 0 spiro atoms. The molecule has 0 heterocycles. The van der Waals surface area contributed by atoms with E-state index in [-0.39, 0.29) is 96.3 Å². The zero-order valence-corrected chi connectivity index (χ0v) is 46.5. The number of nitrogens with one attached hydrogen (secondary N) is 7. The van der Waals surface area contributed by atoms with Crippen LogP contribution < -0.4 is 37.5 Å². The van der Waals surface area contributed by atoms with Gasteiger partial charge in [-0.2, -0.15) is 0 Å². The smallest absolute Gasteiger partial charge is 0.251 e. The number of ketones is 3. The van der Waals surface area contributed by atoms with E-state index in [1.807, 2.05) is 90.0 Å². The summed E-state index contributed by atoms with van der Waals surface area (Å²) in [4.78, 5) is 72.0. The first-order valence-electron chi connectivity index (χ1n) is 25.9. The van der Waals surface area contributed by atoms with Gasteiger partial charge in [-0.3, -0.25) is 45.0 Å². The minimum absolute atomic E-state index is 0. The number of carbonyl (C=O) groups excluding carboxylic acids is 6. The molecule has 12 unspecified atom stereocenters. The molecule has 0 aliphatic heterocycles. The first-order chi connectivity index (χ1) is 32.4. The van der Waals surface area contributed by atoms with Crippen LogP contribution in [0.2, 0.25) is 0 Å². The van der Waals surface area contributed by atoms with Crippen molar-refractivity contribution in [3.63, 3.8) is 0 Å². The van der Waals surface area contributed by atoms with Crippen LogP contribution >= 0.6 is 0 Å². The van der Waals surface area contributed by atoms with E-state index in [2.05, 4.69) is 37.5 Å². The van der Waals surface area contributed by atoms with Crippen LogP contribution in [0.4, 0.5) is 0 Å². The maximum atomic E-state index is 12.1. The molecular formula is C51H108N10O9. The number of amides is 3. The average molecular weight is 1010 g/mol. The lowest BCUT2D eigenvalue weighted by Crippen LogP contribution is -2.52. The number of nitrogens with zero attached hydrogens (tertiary/aromatic N) is 3. The van der Waals surface area contributed by atoms with Gasteiger partial charge >= 0.3 is 0 Å². The van der Waals surface area contributed by atoms with Crippen LogP contribution in [0.1, 0.15) is 156 Å². The minimum atomic E-state index is -0.668. The number of aliphatic hydroxyl groups is 3. The Balaban J connectivity index is -0.000000463. The molecule has 19 heteroatoms. The van der Waals surface area contributed by atoms with E-state index in [1.165, 1.54) is 0 Å². The van der Waals surface area contributed by atoms with Gasteiger partial charge in [0.1, 0.15) is 17.3 Å². The first kappa shape index (κ1) is 73.6. The molecule has 0 aromatic rings. The third-order valence-corrected chi connectivity index (χ3v) is 13.5. The number of aliphatic hydroxyl groups excluding tert-OH is 3. The Morgan fingerprint density at radius 3 is 0.800 bits per heavy atom. The van der Waals surface area contributed by atoms with Crippen LogP contribution in [0.25, 0.3) is 0 Å². The maximum absolute atomic E-state index is 12.1. The summed E-state index contributed by atoms with van der Waals surface area (Å²) in [5.41, 5.74) is 8.49.